The smallest absolute Gasteiger partial charge is 0.143 e. The van der Waals surface area contributed by atoms with Crippen molar-refractivity contribution in [3.63, 3.8) is 0 Å². The van der Waals surface area contributed by atoms with Crippen LogP contribution in [0.15, 0.2) is 192 Å². The number of furan rings is 1. The zero-order valence-corrected chi connectivity index (χ0v) is 27.3. The van der Waals surface area contributed by atoms with Crippen LogP contribution in [0.3, 0.4) is 0 Å². The number of hydrogen-bond donors (Lipinski definition) is 0. The van der Waals surface area contributed by atoms with E-state index < -0.39 is 0 Å². The molecule has 0 unspecified atom stereocenters. The van der Waals surface area contributed by atoms with E-state index in [1.807, 2.05) is 6.07 Å². The Morgan fingerprint density at radius 2 is 0.820 bits per heavy atom. The SMILES string of the molecule is c1ccc(-c2ccc3c(c2)c2cc(-c4cccc(-c5ccc6oc7c(-c8ccccc8)cccc7c6c5)c4)ccc2n3-c2ccccc2)cc1. The van der Waals surface area contributed by atoms with Crippen LogP contribution in [-0.4, -0.2) is 4.57 Å². The molecule has 10 aromatic rings. The van der Waals surface area contributed by atoms with Crippen molar-refractivity contribution in [2.75, 3.05) is 0 Å². The van der Waals surface area contributed by atoms with Crippen LogP contribution in [-0.2, 0) is 0 Å². The van der Waals surface area contributed by atoms with E-state index in [-0.39, 0.29) is 0 Å². The summed E-state index contributed by atoms with van der Waals surface area (Å²) in [6, 6.07) is 67.4. The maximum absolute atomic E-state index is 6.47. The largest absolute Gasteiger partial charge is 0.455 e. The monoisotopic (exact) mass is 637 g/mol. The quantitative estimate of drug-likeness (QED) is 0.184. The molecule has 0 atom stereocenters. The molecule has 0 amide bonds. The molecular formula is C48H31NO. The van der Waals surface area contributed by atoms with Crippen LogP contribution in [0.5, 0.6) is 0 Å². The number of benzene rings is 8. The van der Waals surface area contributed by atoms with Crippen LogP contribution in [0, 0.1) is 0 Å². The summed E-state index contributed by atoms with van der Waals surface area (Å²) in [4.78, 5) is 0. The van der Waals surface area contributed by atoms with Crippen LogP contribution in [0.4, 0.5) is 0 Å². The van der Waals surface area contributed by atoms with Crippen molar-refractivity contribution in [2.24, 2.45) is 0 Å². The summed E-state index contributed by atoms with van der Waals surface area (Å²) in [7, 11) is 0. The molecule has 0 N–H and O–H groups in total. The molecule has 50 heavy (non-hydrogen) atoms. The lowest BCUT2D eigenvalue weighted by Crippen LogP contribution is -1.93. The molecule has 0 bridgehead atoms. The Morgan fingerprint density at radius 1 is 0.320 bits per heavy atom. The molecule has 8 aromatic carbocycles. The van der Waals surface area contributed by atoms with Gasteiger partial charge in [-0.3, -0.25) is 0 Å². The summed E-state index contributed by atoms with van der Waals surface area (Å²) >= 11 is 0. The fraction of sp³-hybridized carbons (Fsp3) is 0. The van der Waals surface area contributed by atoms with Crippen molar-refractivity contribution in [3.05, 3.63) is 188 Å². The number of hydrogen-bond acceptors (Lipinski definition) is 1. The average molecular weight is 638 g/mol. The van der Waals surface area contributed by atoms with E-state index in [1.54, 1.807) is 0 Å². The first kappa shape index (κ1) is 28.4. The minimum atomic E-state index is 0.901. The van der Waals surface area contributed by atoms with Crippen LogP contribution < -0.4 is 0 Å². The molecule has 0 aliphatic rings. The van der Waals surface area contributed by atoms with E-state index >= 15 is 0 Å². The van der Waals surface area contributed by atoms with Crippen molar-refractivity contribution < 1.29 is 4.42 Å². The fourth-order valence-corrected chi connectivity index (χ4v) is 7.57. The van der Waals surface area contributed by atoms with Crippen LogP contribution in [0.25, 0.3) is 93.9 Å². The first-order valence-corrected chi connectivity index (χ1v) is 17.1. The van der Waals surface area contributed by atoms with Gasteiger partial charge < -0.3 is 8.98 Å². The van der Waals surface area contributed by atoms with Gasteiger partial charge in [0.05, 0.1) is 11.0 Å². The number of fused-ring (bicyclic) bond motifs is 6. The Bertz CT molecular complexity index is 2840. The van der Waals surface area contributed by atoms with Gasteiger partial charge >= 0.3 is 0 Å². The van der Waals surface area contributed by atoms with Crippen molar-refractivity contribution in [1.82, 2.24) is 4.57 Å². The second-order valence-electron chi connectivity index (χ2n) is 12.9. The van der Waals surface area contributed by atoms with Gasteiger partial charge in [-0.2, -0.15) is 0 Å². The first-order valence-electron chi connectivity index (χ1n) is 17.1. The third kappa shape index (κ3) is 4.65. The Morgan fingerprint density at radius 3 is 1.48 bits per heavy atom. The molecule has 0 aliphatic heterocycles. The second kappa shape index (κ2) is 11.5. The van der Waals surface area contributed by atoms with Gasteiger partial charge in [0.1, 0.15) is 11.2 Å². The lowest BCUT2D eigenvalue weighted by atomic mass is 9.96. The molecule has 2 heterocycles. The van der Waals surface area contributed by atoms with E-state index in [4.69, 9.17) is 4.42 Å². The van der Waals surface area contributed by atoms with E-state index in [2.05, 4.69) is 187 Å². The standard InChI is InChI=1S/C48H31NO/c1-4-12-32(13-5-1)36-22-25-45-42(29-36)43-30-37(23-26-46(43)49(45)39-18-8-3-9-19-39)34-16-10-17-35(28-34)38-24-27-47-44(31-38)41-21-11-20-40(48(41)50-47)33-14-6-2-7-15-33/h1-31H. The molecule has 10 rings (SSSR count). The zero-order valence-electron chi connectivity index (χ0n) is 27.3. The van der Waals surface area contributed by atoms with Crippen LogP contribution in [0.1, 0.15) is 0 Å². The van der Waals surface area contributed by atoms with E-state index in [9.17, 15) is 0 Å². The number of aromatic nitrogens is 1. The second-order valence-corrected chi connectivity index (χ2v) is 12.9. The van der Waals surface area contributed by atoms with Crippen molar-refractivity contribution in [2.45, 2.75) is 0 Å². The highest BCUT2D eigenvalue weighted by Crippen LogP contribution is 2.40. The molecule has 0 radical (unpaired) electrons. The highest BCUT2D eigenvalue weighted by molar-refractivity contribution is 6.12. The summed E-state index contributed by atoms with van der Waals surface area (Å²) in [5.74, 6) is 0. The molecule has 2 heteroatoms. The first-order chi connectivity index (χ1) is 24.8. The van der Waals surface area contributed by atoms with Crippen LogP contribution >= 0.6 is 0 Å². The topological polar surface area (TPSA) is 18.1 Å². The molecule has 234 valence electrons. The lowest BCUT2D eigenvalue weighted by Gasteiger charge is -2.09. The van der Waals surface area contributed by atoms with Gasteiger partial charge in [0.25, 0.3) is 0 Å². The van der Waals surface area contributed by atoms with Gasteiger partial charge in [-0.25, -0.2) is 0 Å². The summed E-state index contributed by atoms with van der Waals surface area (Å²) in [6.45, 7) is 0. The Balaban J connectivity index is 1.10. The molecule has 0 fully saturated rings. The van der Waals surface area contributed by atoms with E-state index in [0.717, 1.165) is 38.8 Å². The van der Waals surface area contributed by atoms with Gasteiger partial charge in [0, 0.05) is 32.8 Å². The fourth-order valence-electron chi connectivity index (χ4n) is 7.57. The Hall–Kier alpha value is -6.64. The molecule has 0 aliphatic carbocycles. The van der Waals surface area contributed by atoms with E-state index in [1.165, 1.54) is 55.2 Å². The zero-order chi connectivity index (χ0) is 33.0. The summed E-state index contributed by atoms with van der Waals surface area (Å²) in [5.41, 5.74) is 14.8. The normalized spacial score (nSPS) is 11.6. The molecule has 0 spiro atoms. The maximum atomic E-state index is 6.47. The number of nitrogens with zero attached hydrogens (tertiary/aromatic N) is 1. The third-order valence-electron chi connectivity index (χ3n) is 10.00. The van der Waals surface area contributed by atoms with Crippen molar-refractivity contribution in [1.29, 1.82) is 0 Å². The summed E-state index contributed by atoms with van der Waals surface area (Å²) in [5, 5.41) is 4.75. The Labute approximate surface area is 290 Å². The lowest BCUT2D eigenvalue weighted by molar-refractivity contribution is 0.670. The minimum Gasteiger partial charge on any atom is -0.455 e. The van der Waals surface area contributed by atoms with E-state index in [0.29, 0.717) is 0 Å². The van der Waals surface area contributed by atoms with Gasteiger partial charge in [-0.1, -0.05) is 133 Å². The minimum absolute atomic E-state index is 0.901. The summed E-state index contributed by atoms with van der Waals surface area (Å²) < 4.78 is 8.85. The molecule has 0 saturated carbocycles. The van der Waals surface area contributed by atoms with Crippen LogP contribution in [0.2, 0.25) is 0 Å². The third-order valence-corrected chi connectivity index (χ3v) is 10.00. The van der Waals surface area contributed by atoms with Gasteiger partial charge in [0.15, 0.2) is 0 Å². The number of para-hydroxylation sites is 2. The van der Waals surface area contributed by atoms with Gasteiger partial charge in [-0.15, -0.1) is 0 Å². The Kier molecular flexibility index (Phi) is 6.53. The van der Waals surface area contributed by atoms with Gasteiger partial charge in [0.2, 0.25) is 0 Å². The molecule has 2 nitrogen and oxygen atoms in total. The average Bonchev–Trinajstić information content (AvgIpc) is 3.73. The highest BCUT2D eigenvalue weighted by Gasteiger charge is 2.16. The summed E-state index contributed by atoms with van der Waals surface area (Å²) in [6.07, 6.45) is 0. The van der Waals surface area contributed by atoms with Crippen molar-refractivity contribution >= 4 is 43.7 Å². The number of rotatable bonds is 5. The highest BCUT2D eigenvalue weighted by atomic mass is 16.3. The predicted octanol–water partition coefficient (Wildman–Crippen LogP) is 13.4. The van der Waals surface area contributed by atoms with Crippen molar-refractivity contribution in [3.8, 4) is 50.2 Å². The predicted molar refractivity (Wildman–Crippen MR) is 210 cm³/mol. The molecule has 2 aromatic heterocycles. The molecule has 0 saturated heterocycles. The molecular weight excluding hydrogens is 607 g/mol. The maximum Gasteiger partial charge on any atom is 0.143 e. The van der Waals surface area contributed by atoms with Gasteiger partial charge in [-0.05, 0) is 93.5 Å².